The van der Waals surface area contributed by atoms with Gasteiger partial charge in [-0.05, 0) is 23.6 Å². The Morgan fingerprint density at radius 2 is 2.15 bits per heavy atom. The first-order valence-electron chi connectivity index (χ1n) is 5.49. The fourth-order valence-electron chi connectivity index (χ4n) is 1.51. The van der Waals surface area contributed by atoms with Crippen LogP contribution in [0.25, 0.3) is 0 Å². The lowest BCUT2D eigenvalue weighted by Crippen LogP contribution is -2.02. The summed E-state index contributed by atoms with van der Waals surface area (Å²) in [5.41, 5.74) is 0.169. The molecule has 0 aliphatic rings. The highest BCUT2D eigenvalue weighted by molar-refractivity contribution is 7.12. The lowest BCUT2D eigenvalue weighted by Gasteiger charge is -2.10. The topological polar surface area (TPSA) is 64.6 Å². The molecule has 1 heterocycles. The Morgan fingerprint density at radius 1 is 1.35 bits per heavy atom. The van der Waals surface area contributed by atoms with Gasteiger partial charge in [0.1, 0.15) is 5.82 Å². The van der Waals surface area contributed by atoms with E-state index in [4.69, 9.17) is 4.74 Å². The summed E-state index contributed by atoms with van der Waals surface area (Å²) < 4.78 is 23.3. The maximum absolute atomic E-state index is 13.1. The maximum Gasteiger partial charge on any atom is 0.351 e. The molecule has 0 radical (unpaired) electrons. The third kappa shape index (κ3) is 2.94. The number of halogens is 1. The Labute approximate surface area is 117 Å². The first-order valence-corrected chi connectivity index (χ1v) is 6.37. The highest BCUT2D eigenvalue weighted by atomic mass is 32.1. The number of anilines is 1. The Bertz CT molecular complexity index is 641. The van der Waals surface area contributed by atoms with E-state index in [0.29, 0.717) is 6.41 Å². The third-order valence-electron chi connectivity index (χ3n) is 2.38. The predicted octanol–water partition coefficient (Wildman–Crippen LogP) is 3.03. The van der Waals surface area contributed by atoms with Crippen molar-refractivity contribution in [3.05, 3.63) is 40.3 Å². The SMILES string of the molecule is COC(=O)c1sccc1Oc1ccc(F)cc1NC=O. The van der Waals surface area contributed by atoms with Crippen LogP contribution in [0.1, 0.15) is 9.67 Å². The Kier molecular flexibility index (Phi) is 4.31. The van der Waals surface area contributed by atoms with Crippen LogP contribution in [0.3, 0.4) is 0 Å². The lowest BCUT2D eigenvalue weighted by molar-refractivity contribution is -0.105. The van der Waals surface area contributed by atoms with Gasteiger partial charge in [-0.2, -0.15) is 0 Å². The van der Waals surface area contributed by atoms with Gasteiger partial charge < -0.3 is 14.8 Å². The molecule has 20 heavy (non-hydrogen) atoms. The van der Waals surface area contributed by atoms with E-state index < -0.39 is 11.8 Å². The van der Waals surface area contributed by atoms with Gasteiger partial charge in [-0.1, -0.05) is 0 Å². The van der Waals surface area contributed by atoms with Crippen molar-refractivity contribution in [2.45, 2.75) is 0 Å². The van der Waals surface area contributed by atoms with E-state index in [1.165, 1.54) is 19.2 Å². The summed E-state index contributed by atoms with van der Waals surface area (Å²) in [5.74, 6) is -0.535. The molecule has 1 aromatic carbocycles. The molecule has 0 bridgehead atoms. The van der Waals surface area contributed by atoms with Crippen LogP contribution >= 0.6 is 11.3 Å². The van der Waals surface area contributed by atoms with Gasteiger partial charge in [-0.25, -0.2) is 9.18 Å². The number of hydrogen-bond acceptors (Lipinski definition) is 5. The summed E-state index contributed by atoms with van der Waals surface area (Å²) in [6.07, 6.45) is 0.413. The van der Waals surface area contributed by atoms with E-state index >= 15 is 0 Å². The number of thiophene rings is 1. The van der Waals surface area contributed by atoms with Gasteiger partial charge in [-0.3, -0.25) is 4.79 Å². The smallest absolute Gasteiger partial charge is 0.351 e. The number of rotatable bonds is 5. The van der Waals surface area contributed by atoms with Gasteiger partial charge in [0, 0.05) is 6.07 Å². The van der Waals surface area contributed by atoms with Crippen molar-refractivity contribution in [3.8, 4) is 11.5 Å². The summed E-state index contributed by atoms with van der Waals surface area (Å²) >= 11 is 1.16. The molecule has 1 aromatic heterocycles. The van der Waals surface area contributed by atoms with E-state index in [1.807, 2.05) is 0 Å². The molecule has 104 valence electrons. The fraction of sp³-hybridized carbons (Fsp3) is 0.0769. The molecule has 1 N–H and O–H groups in total. The zero-order valence-corrected chi connectivity index (χ0v) is 11.2. The summed E-state index contributed by atoms with van der Waals surface area (Å²) in [7, 11) is 1.27. The largest absolute Gasteiger partial charge is 0.465 e. The molecule has 0 spiro atoms. The second-order valence-corrected chi connectivity index (χ2v) is 4.53. The van der Waals surface area contributed by atoms with Crippen molar-refractivity contribution in [3.63, 3.8) is 0 Å². The summed E-state index contributed by atoms with van der Waals surface area (Å²) in [6, 6.07) is 5.26. The zero-order chi connectivity index (χ0) is 14.5. The molecule has 0 fully saturated rings. The molecule has 0 aliphatic heterocycles. The van der Waals surface area contributed by atoms with Crippen LogP contribution in [-0.4, -0.2) is 19.5 Å². The van der Waals surface area contributed by atoms with E-state index in [2.05, 4.69) is 10.1 Å². The number of carbonyl (C=O) groups is 2. The number of esters is 1. The number of amides is 1. The molecule has 0 aliphatic carbocycles. The minimum Gasteiger partial charge on any atom is -0.465 e. The fourth-order valence-corrected chi connectivity index (χ4v) is 2.24. The van der Waals surface area contributed by atoms with E-state index in [-0.39, 0.29) is 22.1 Å². The molecule has 0 atom stereocenters. The van der Waals surface area contributed by atoms with Crippen molar-refractivity contribution in [2.75, 3.05) is 12.4 Å². The van der Waals surface area contributed by atoms with Crippen LogP contribution in [-0.2, 0) is 9.53 Å². The predicted molar refractivity (Wildman–Crippen MR) is 71.8 cm³/mol. The molecule has 2 rings (SSSR count). The molecule has 2 aromatic rings. The first-order chi connectivity index (χ1) is 9.65. The van der Waals surface area contributed by atoms with Crippen LogP contribution < -0.4 is 10.1 Å². The standard InChI is InChI=1S/C13H10FNO4S/c1-18-13(17)12-11(4-5-20-12)19-10-3-2-8(14)6-9(10)15-7-16/h2-7H,1H3,(H,15,16). The molecular weight excluding hydrogens is 285 g/mol. The van der Waals surface area contributed by atoms with Crippen molar-refractivity contribution < 1.29 is 23.5 Å². The number of carbonyl (C=O) groups excluding carboxylic acids is 2. The van der Waals surface area contributed by atoms with Crippen LogP contribution in [0.4, 0.5) is 10.1 Å². The summed E-state index contributed by atoms with van der Waals surface area (Å²) in [5, 5.41) is 4.00. The number of hydrogen-bond donors (Lipinski definition) is 1. The quantitative estimate of drug-likeness (QED) is 0.680. The second-order valence-electron chi connectivity index (χ2n) is 3.61. The highest BCUT2D eigenvalue weighted by Gasteiger charge is 2.16. The molecule has 5 nitrogen and oxygen atoms in total. The van der Waals surface area contributed by atoms with E-state index in [9.17, 15) is 14.0 Å². The van der Waals surface area contributed by atoms with Gasteiger partial charge in [0.25, 0.3) is 0 Å². The van der Waals surface area contributed by atoms with Gasteiger partial charge in [0.2, 0.25) is 6.41 Å². The minimum absolute atomic E-state index is 0.169. The van der Waals surface area contributed by atoms with Crippen molar-refractivity contribution in [1.82, 2.24) is 0 Å². The van der Waals surface area contributed by atoms with Crippen LogP contribution in [0, 0.1) is 5.82 Å². The van der Waals surface area contributed by atoms with E-state index in [1.54, 1.807) is 11.4 Å². The number of benzene rings is 1. The molecule has 0 saturated heterocycles. The second kappa shape index (κ2) is 6.16. The normalized spacial score (nSPS) is 9.90. The highest BCUT2D eigenvalue weighted by Crippen LogP contribution is 2.34. The van der Waals surface area contributed by atoms with Gasteiger partial charge >= 0.3 is 5.97 Å². The Balaban J connectivity index is 2.33. The van der Waals surface area contributed by atoms with Crippen LogP contribution in [0.2, 0.25) is 0 Å². The van der Waals surface area contributed by atoms with Gasteiger partial charge in [-0.15, -0.1) is 11.3 Å². The van der Waals surface area contributed by atoms with Gasteiger partial charge in [0.05, 0.1) is 12.8 Å². The number of ether oxygens (including phenoxy) is 2. The van der Waals surface area contributed by atoms with Crippen LogP contribution in [0.5, 0.6) is 11.5 Å². The van der Waals surface area contributed by atoms with Crippen molar-refractivity contribution >= 4 is 29.4 Å². The number of methoxy groups -OCH3 is 1. The third-order valence-corrected chi connectivity index (χ3v) is 3.25. The number of nitrogens with one attached hydrogen (secondary N) is 1. The molecular formula is C13H10FNO4S. The van der Waals surface area contributed by atoms with Crippen molar-refractivity contribution in [1.29, 1.82) is 0 Å². The average molecular weight is 295 g/mol. The lowest BCUT2D eigenvalue weighted by atomic mass is 10.3. The van der Waals surface area contributed by atoms with Gasteiger partial charge in [0.15, 0.2) is 16.4 Å². The van der Waals surface area contributed by atoms with Crippen molar-refractivity contribution in [2.24, 2.45) is 0 Å². The summed E-state index contributed by atoms with van der Waals surface area (Å²) in [6.45, 7) is 0. The average Bonchev–Trinajstić information content (AvgIpc) is 2.89. The molecule has 1 amide bonds. The first kappa shape index (κ1) is 14.0. The Morgan fingerprint density at radius 3 is 2.85 bits per heavy atom. The zero-order valence-electron chi connectivity index (χ0n) is 10.4. The molecule has 7 heteroatoms. The molecule has 0 unspecified atom stereocenters. The Hall–Kier alpha value is -2.41. The monoisotopic (exact) mass is 295 g/mol. The van der Waals surface area contributed by atoms with E-state index in [0.717, 1.165) is 17.4 Å². The minimum atomic E-state index is -0.526. The maximum atomic E-state index is 13.1. The van der Waals surface area contributed by atoms with Crippen LogP contribution in [0.15, 0.2) is 29.6 Å². The molecule has 0 saturated carbocycles. The summed E-state index contributed by atoms with van der Waals surface area (Å²) in [4.78, 5) is 22.3.